The molecule has 2 aromatic carbocycles. The molecule has 3 heterocycles. The molecular weight excluding hydrogens is 473 g/mol. The van der Waals surface area contributed by atoms with Gasteiger partial charge in [-0.15, -0.1) is 0 Å². The van der Waals surface area contributed by atoms with Crippen molar-refractivity contribution in [2.75, 3.05) is 4.90 Å². The first-order valence-electron chi connectivity index (χ1n) is 9.94. The molecule has 1 aliphatic heterocycles. The molecule has 0 radical (unpaired) electrons. The number of aromatic nitrogens is 4. The SMILES string of the molecule is Cn1ncc(-c2nc(-c3ccc(S(N)(=O)=O)cc3)no2)c1N1Cc2ccc(C(F)(F)F)cc2C1. The number of nitrogens with two attached hydrogens (primary N) is 1. The summed E-state index contributed by atoms with van der Waals surface area (Å²) in [6.45, 7) is 0.665. The molecule has 0 aliphatic carbocycles. The van der Waals surface area contributed by atoms with E-state index < -0.39 is 21.8 Å². The summed E-state index contributed by atoms with van der Waals surface area (Å²) in [5.74, 6) is 1.01. The minimum Gasteiger partial charge on any atom is -0.347 e. The zero-order chi connectivity index (χ0) is 24.3. The van der Waals surface area contributed by atoms with Crippen LogP contribution in [-0.2, 0) is 36.3 Å². The predicted octanol–water partition coefficient (Wildman–Crippen LogP) is 3.32. The number of rotatable bonds is 4. The lowest BCUT2D eigenvalue weighted by atomic mass is 10.1. The third-order valence-corrected chi connectivity index (χ3v) is 6.49. The van der Waals surface area contributed by atoms with Crippen LogP contribution in [0, 0.1) is 0 Å². The fraction of sp³-hybridized carbons (Fsp3) is 0.190. The number of sulfonamides is 1. The smallest absolute Gasteiger partial charge is 0.347 e. The van der Waals surface area contributed by atoms with Gasteiger partial charge in [0.05, 0.1) is 16.7 Å². The van der Waals surface area contributed by atoms with Crippen molar-refractivity contribution in [2.45, 2.75) is 24.2 Å². The van der Waals surface area contributed by atoms with Crippen molar-refractivity contribution in [1.82, 2.24) is 19.9 Å². The average Bonchev–Trinajstić information content (AvgIpc) is 3.49. The van der Waals surface area contributed by atoms with Gasteiger partial charge in [-0.25, -0.2) is 13.6 Å². The van der Waals surface area contributed by atoms with E-state index in [2.05, 4.69) is 15.2 Å². The van der Waals surface area contributed by atoms with Crippen LogP contribution in [0.5, 0.6) is 0 Å². The van der Waals surface area contributed by atoms with E-state index in [9.17, 15) is 21.6 Å². The highest BCUT2D eigenvalue weighted by Crippen LogP contribution is 2.38. The van der Waals surface area contributed by atoms with Gasteiger partial charge < -0.3 is 9.42 Å². The molecule has 0 spiro atoms. The van der Waals surface area contributed by atoms with Gasteiger partial charge in [0.1, 0.15) is 11.4 Å². The van der Waals surface area contributed by atoms with Gasteiger partial charge in [-0.3, -0.25) is 4.68 Å². The number of nitrogens with zero attached hydrogens (tertiary/aromatic N) is 5. The Morgan fingerprint density at radius 3 is 2.44 bits per heavy atom. The Labute approximate surface area is 191 Å². The Hall–Kier alpha value is -3.71. The number of alkyl halides is 3. The van der Waals surface area contributed by atoms with E-state index in [1.165, 1.54) is 36.4 Å². The minimum absolute atomic E-state index is 0.0446. The largest absolute Gasteiger partial charge is 0.416 e. The fourth-order valence-electron chi connectivity index (χ4n) is 3.92. The first kappa shape index (κ1) is 22.1. The molecule has 0 fully saturated rings. The molecule has 13 heteroatoms. The average molecular weight is 490 g/mol. The van der Waals surface area contributed by atoms with Crippen LogP contribution in [-0.4, -0.2) is 28.3 Å². The number of primary sulfonamides is 1. The first-order valence-corrected chi connectivity index (χ1v) is 11.5. The van der Waals surface area contributed by atoms with Gasteiger partial charge in [0.25, 0.3) is 5.89 Å². The zero-order valence-electron chi connectivity index (χ0n) is 17.6. The van der Waals surface area contributed by atoms with Crippen molar-refractivity contribution in [1.29, 1.82) is 0 Å². The number of fused-ring (bicyclic) bond motifs is 1. The predicted molar refractivity (Wildman–Crippen MR) is 115 cm³/mol. The van der Waals surface area contributed by atoms with Crippen molar-refractivity contribution in [2.24, 2.45) is 12.2 Å². The molecular formula is C21H17F3N6O3S. The van der Waals surface area contributed by atoms with E-state index in [0.29, 0.717) is 29.1 Å². The Morgan fingerprint density at radius 2 is 1.76 bits per heavy atom. The van der Waals surface area contributed by atoms with E-state index in [4.69, 9.17) is 9.66 Å². The highest BCUT2D eigenvalue weighted by Gasteiger charge is 2.33. The molecule has 5 rings (SSSR count). The maximum absolute atomic E-state index is 13.1. The lowest BCUT2D eigenvalue weighted by Gasteiger charge is -2.18. The molecule has 0 saturated heterocycles. The van der Waals surface area contributed by atoms with Gasteiger partial charge in [0.15, 0.2) is 0 Å². The molecule has 0 atom stereocenters. The topological polar surface area (TPSA) is 120 Å². The summed E-state index contributed by atoms with van der Waals surface area (Å²) in [5, 5.41) is 13.3. The Bertz CT molecular complexity index is 1490. The monoisotopic (exact) mass is 490 g/mol. The number of halogens is 3. The molecule has 0 unspecified atom stereocenters. The van der Waals surface area contributed by atoms with E-state index >= 15 is 0 Å². The molecule has 0 amide bonds. The Balaban J connectivity index is 1.44. The van der Waals surface area contributed by atoms with Crippen LogP contribution < -0.4 is 10.0 Å². The van der Waals surface area contributed by atoms with Gasteiger partial charge in [0, 0.05) is 25.7 Å². The van der Waals surface area contributed by atoms with Crippen LogP contribution in [0.1, 0.15) is 16.7 Å². The summed E-state index contributed by atoms with van der Waals surface area (Å²) < 4.78 is 69.2. The van der Waals surface area contributed by atoms with E-state index in [1.54, 1.807) is 17.9 Å². The Morgan fingerprint density at radius 1 is 1.06 bits per heavy atom. The minimum atomic E-state index is -4.41. The lowest BCUT2D eigenvalue weighted by Crippen LogP contribution is -2.18. The second-order valence-corrected chi connectivity index (χ2v) is 9.40. The van der Waals surface area contributed by atoms with E-state index in [0.717, 1.165) is 11.6 Å². The summed E-state index contributed by atoms with van der Waals surface area (Å²) >= 11 is 0. The summed E-state index contributed by atoms with van der Waals surface area (Å²) in [6.07, 6.45) is -2.87. The summed E-state index contributed by atoms with van der Waals surface area (Å²) in [4.78, 5) is 6.24. The quantitative estimate of drug-likeness (QED) is 0.466. The van der Waals surface area contributed by atoms with Crippen LogP contribution in [0.15, 0.2) is 58.1 Å². The van der Waals surface area contributed by atoms with Crippen molar-refractivity contribution < 1.29 is 26.1 Å². The van der Waals surface area contributed by atoms with Gasteiger partial charge in [0.2, 0.25) is 15.8 Å². The number of hydrogen-bond donors (Lipinski definition) is 1. The molecule has 0 bridgehead atoms. The third-order valence-electron chi connectivity index (χ3n) is 5.56. The van der Waals surface area contributed by atoms with Crippen LogP contribution in [0.4, 0.5) is 19.0 Å². The standard InChI is InChI=1S/C21H17F3N6O3S/c1-29-20(30-10-13-2-5-15(21(22,23)24)8-14(13)11-30)17(9-26-29)19-27-18(28-33-19)12-3-6-16(7-4-12)34(25,31)32/h2-9H,10-11H2,1H3,(H2,25,31,32). The molecule has 1 aliphatic rings. The summed E-state index contributed by atoms with van der Waals surface area (Å²) in [6, 6.07) is 9.44. The Kier molecular flexibility index (Phi) is 4.98. The highest BCUT2D eigenvalue weighted by atomic mass is 32.2. The second-order valence-electron chi connectivity index (χ2n) is 7.84. The van der Waals surface area contributed by atoms with Gasteiger partial charge in [-0.05, 0) is 47.5 Å². The maximum atomic E-state index is 13.1. The van der Waals surface area contributed by atoms with Crippen molar-refractivity contribution in [3.05, 3.63) is 65.4 Å². The molecule has 34 heavy (non-hydrogen) atoms. The second kappa shape index (κ2) is 7.67. The number of aryl methyl sites for hydroxylation is 1. The molecule has 176 valence electrons. The van der Waals surface area contributed by atoms with E-state index in [1.807, 2.05) is 4.90 Å². The van der Waals surface area contributed by atoms with Crippen LogP contribution >= 0.6 is 0 Å². The van der Waals surface area contributed by atoms with Crippen LogP contribution in [0.25, 0.3) is 22.8 Å². The maximum Gasteiger partial charge on any atom is 0.416 e. The van der Waals surface area contributed by atoms with Gasteiger partial charge >= 0.3 is 6.18 Å². The molecule has 2 aromatic heterocycles. The lowest BCUT2D eigenvalue weighted by molar-refractivity contribution is -0.137. The number of benzene rings is 2. The highest BCUT2D eigenvalue weighted by molar-refractivity contribution is 7.89. The fourth-order valence-corrected chi connectivity index (χ4v) is 4.44. The zero-order valence-corrected chi connectivity index (χ0v) is 18.4. The van der Waals surface area contributed by atoms with Crippen LogP contribution in [0.3, 0.4) is 0 Å². The molecule has 0 saturated carbocycles. The van der Waals surface area contributed by atoms with E-state index in [-0.39, 0.29) is 23.2 Å². The molecule has 4 aromatic rings. The van der Waals surface area contributed by atoms with Gasteiger partial charge in [-0.1, -0.05) is 11.2 Å². The first-order chi connectivity index (χ1) is 16.0. The van der Waals surface area contributed by atoms with Crippen LogP contribution in [0.2, 0.25) is 0 Å². The van der Waals surface area contributed by atoms with Crippen molar-refractivity contribution in [3.63, 3.8) is 0 Å². The summed E-state index contributed by atoms with van der Waals surface area (Å²) in [7, 11) is -2.11. The van der Waals surface area contributed by atoms with Gasteiger partial charge in [-0.2, -0.15) is 23.3 Å². The third kappa shape index (κ3) is 3.92. The normalized spacial score (nSPS) is 14.0. The van der Waals surface area contributed by atoms with Crippen molar-refractivity contribution in [3.8, 4) is 22.8 Å². The van der Waals surface area contributed by atoms with Crippen molar-refractivity contribution >= 4 is 15.8 Å². The molecule has 2 N–H and O–H groups in total. The number of hydrogen-bond acceptors (Lipinski definition) is 7. The molecule has 9 nitrogen and oxygen atoms in total. The number of anilines is 1. The summed E-state index contributed by atoms with van der Waals surface area (Å²) in [5.41, 5.74) is 1.73.